The number of rotatable bonds is 13. The second-order valence-electron chi connectivity index (χ2n) is 14.3. The third-order valence-corrected chi connectivity index (χ3v) is 10.4. The van der Waals surface area contributed by atoms with Gasteiger partial charge in [0.25, 0.3) is 0 Å². The summed E-state index contributed by atoms with van der Waals surface area (Å²) >= 11 is 0. The number of carboxylic acids is 1. The van der Waals surface area contributed by atoms with Crippen LogP contribution in [0.15, 0.2) is 141 Å². The zero-order chi connectivity index (χ0) is 38.5. The number of nitrogens with zero attached hydrogens (tertiary/aromatic N) is 2. The van der Waals surface area contributed by atoms with Gasteiger partial charge in [-0.05, 0) is 71.8 Å². The molecule has 1 aliphatic rings. The van der Waals surface area contributed by atoms with E-state index in [4.69, 9.17) is 9.15 Å². The molecule has 1 unspecified atom stereocenters. The second-order valence-corrected chi connectivity index (χ2v) is 14.3. The van der Waals surface area contributed by atoms with Gasteiger partial charge in [-0.3, -0.25) is 4.79 Å². The van der Waals surface area contributed by atoms with Crippen molar-refractivity contribution in [2.75, 3.05) is 26.7 Å². The van der Waals surface area contributed by atoms with Crippen molar-refractivity contribution < 1.29 is 23.8 Å². The Labute approximate surface area is 317 Å². The largest absolute Gasteiger partial charge is 0.478 e. The molecule has 278 valence electrons. The summed E-state index contributed by atoms with van der Waals surface area (Å²) in [5, 5.41) is 11.2. The predicted molar refractivity (Wildman–Crippen MR) is 213 cm³/mol. The topological polar surface area (TPSA) is 100 Å². The number of carbonyl (C=O) groups is 2. The van der Waals surface area contributed by atoms with Crippen molar-refractivity contribution >= 4 is 22.9 Å². The Balaban J connectivity index is 1.37. The fraction of sp³-hybridized carbons (Fsp3) is 0.283. The maximum Gasteiger partial charge on any atom is 0.337 e. The lowest BCUT2D eigenvalue weighted by atomic mass is 9.79. The summed E-state index contributed by atoms with van der Waals surface area (Å²) in [6.07, 6.45) is 0.442. The number of ether oxygens (including phenoxy) is 1. The van der Waals surface area contributed by atoms with Crippen molar-refractivity contribution in [3.8, 4) is 11.3 Å². The minimum Gasteiger partial charge on any atom is -0.478 e. The second kappa shape index (κ2) is 16.5. The first-order valence-corrected chi connectivity index (χ1v) is 18.5. The summed E-state index contributed by atoms with van der Waals surface area (Å²) < 4.78 is 12.4. The van der Waals surface area contributed by atoms with Crippen molar-refractivity contribution in [1.82, 2.24) is 9.80 Å². The number of likely N-dealkylation sites (N-methyl/N-ethyl adjacent to an activating group) is 1. The summed E-state index contributed by atoms with van der Waals surface area (Å²) in [4.78, 5) is 45.5. The summed E-state index contributed by atoms with van der Waals surface area (Å²) in [6, 6.07) is 35.5. The predicted octanol–water partition coefficient (Wildman–Crippen LogP) is 8.91. The number of fused-ring (bicyclic) bond motifs is 1. The zero-order valence-electron chi connectivity index (χ0n) is 31.8. The van der Waals surface area contributed by atoms with E-state index in [1.165, 1.54) is 11.1 Å². The van der Waals surface area contributed by atoms with Gasteiger partial charge in [0, 0.05) is 47.1 Å². The van der Waals surface area contributed by atoms with E-state index in [2.05, 4.69) is 60.5 Å². The summed E-state index contributed by atoms with van der Waals surface area (Å²) in [7, 11) is 2.06. The molecule has 0 saturated carbocycles. The highest BCUT2D eigenvalue weighted by Gasteiger charge is 2.41. The quantitative estimate of drug-likeness (QED) is 0.120. The van der Waals surface area contributed by atoms with Gasteiger partial charge in [0.15, 0.2) is 5.43 Å². The molecule has 8 nitrogen and oxygen atoms in total. The molecular formula is C46H48N2O6. The van der Waals surface area contributed by atoms with Gasteiger partial charge in [-0.1, -0.05) is 103 Å². The van der Waals surface area contributed by atoms with E-state index in [-0.39, 0.29) is 28.1 Å². The lowest BCUT2D eigenvalue weighted by Crippen LogP contribution is -2.39. The van der Waals surface area contributed by atoms with Crippen LogP contribution in [0.5, 0.6) is 0 Å². The maximum absolute atomic E-state index is 14.1. The van der Waals surface area contributed by atoms with Crippen molar-refractivity contribution in [1.29, 1.82) is 0 Å². The molecule has 4 aromatic carbocycles. The molecule has 54 heavy (non-hydrogen) atoms. The summed E-state index contributed by atoms with van der Waals surface area (Å²) in [6.45, 7) is 10.7. The molecule has 0 fully saturated rings. The van der Waals surface area contributed by atoms with E-state index in [9.17, 15) is 19.5 Å². The van der Waals surface area contributed by atoms with Crippen LogP contribution in [-0.2, 0) is 14.3 Å². The first-order chi connectivity index (χ1) is 26.0. The first kappa shape index (κ1) is 38.0. The van der Waals surface area contributed by atoms with E-state index < -0.39 is 24.0 Å². The summed E-state index contributed by atoms with van der Waals surface area (Å²) in [5.74, 6) is -2.22. The van der Waals surface area contributed by atoms with Gasteiger partial charge < -0.3 is 24.1 Å². The van der Waals surface area contributed by atoms with Gasteiger partial charge in [0.05, 0.1) is 28.6 Å². The fourth-order valence-electron chi connectivity index (χ4n) is 7.62. The highest BCUT2D eigenvalue weighted by molar-refractivity contribution is 6.01. The van der Waals surface area contributed by atoms with Crippen LogP contribution >= 0.6 is 0 Å². The van der Waals surface area contributed by atoms with Gasteiger partial charge in [-0.25, -0.2) is 9.59 Å². The molecule has 1 atom stereocenters. The third kappa shape index (κ3) is 7.80. The molecule has 0 saturated heterocycles. The Morgan fingerprint density at radius 3 is 1.94 bits per heavy atom. The molecule has 1 aromatic heterocycles. The summed E-state index contributed by atoms with van der Waals surface area (Å²) in [5.41, 5.74) is 5.47. The van der Waals surface area contributed by atoms with E-state index >= 15 is 0 Å². The third-order valence-electron chi connectivity index (χ3n) is 10.4. The average Bonchev–Trinajstić information content (AvgIpc) is 3.16. The SMILES string of the molecule is CC1=C(C(=O)O)C(c2cccc3c(=O)c(C)c(-c4ccccc4)oc23)C(C(=O)OC(C)C)=C(C)N1CCN(C)CCC(c1ccccc1)c1ccccc1. The number of hydrogen-bond donors (Lipinski definition) is 1. The molecule has 0 spiro atoms. The molecular weight excluding hydrogens is 677 g/mol. The minimum atomic E-state index is -1.17. The Kier molecular flexibility index (Phi) is 11.6. The number of hydrogen-bond acceptors (Lipinski definition) is 7. The van der Waals surface area contributed by atoms with Crippen LogP contribution in [0, 0.1) is 6.92 Å². The van der Waals surface area contributed by atoms with Crippen LogP contribution in [0.25, 0.3) is 22.3 Å². The van der Waals surface area contributed by atoms with Gasteiger partial charge in [-0.15, -0.1) is 0 Å². The van der Waals surface area contributed by atoms with Crippen molar-refractivity contribution in [2.45, 2.75) is 59.0 Å². The Morgan fingerprint density at radius 2 is 1.37 bits per heavy atom. The minimum absolute atomic E-state index is 0.0316. The lowest BCUT2D eigenvalue weighted by molar-refractivity contribution is -0.143. The van der Waals surface area contributed by atoms with E-state index in [0.717, 1.165) is 18.5 Å². The number of allylic oxidation sites excluding steroid dienone is 2. The average molecular weight is 725 g/mol. The van der Waals surface area contributed by atoms with Crippen LogP contribution in [0.2, 0.25) is 0 Å². The number of aliphatic carboxylic acids is 1. The van der Waals surface area contributed by atoms with Crippen molar-refractivity contribution in [3.63, 3.8) is 0 Å². The van der Waals surface area contributed by atoms with Crippen molar-refractivity contribution in [2.24, 2.45) is 0 Å². The Bertz CT molecular complexity index is 2220. The molecule has 2 heterocycles. The number of benzene rings is 4. The van der Waals surface area contributed by atoms with E-state index in [0.29, 0.717) is 46.8 Å². The maximum atomic E-state index is 14.1. The lowest BCUT2D eigenvalue weighted by Gasteiger charge is -2.38. The Morgan fingerprint density at radius 1 is 0.796 bits per heavy atom. The van der Waals surface area contributed by atoms with Crippen LogP contribution in [0.3, 0.4) is 0 Å². The van der Waals surface area contributed by atoms with Gasteiger partial charge in [0.1, 0.15) is 11.3 Å². The number of carboxylic acid groups (broad SMARTS) is 1. The number of esters is 1. The number of carbonyl (C=O) groups excluding carboxylic acids is 1. The van der Waals surface area contributed by atoms with E-state index in [1.807, 2.05) is 54.3 Å². The van der Waals surface area contributed by atoms with Crippen molar-refractivity contribution in [3.05, 3.63) is 164 Å². The first-order valence-electron chi connectivity index (χ1n) is 18.5. The van der Waals surface area contributed by atoms with Gasteiger partial charge in [0.2, 0.25) is 0 Å². The fourth-order valence-corrected chi connectivity index (χ4v) is 7.62. The molecule has 0 amide bonds. The molecule has 1 N–H and O–H groups in total. The monoisotopic (exact) mass is 724 g/mol. The van der Waals surface area contributed by atoms with Crippen LogP contribution in [-0.4, -0.2) is 59.6 Å². The number of para-hydroxylation sites is 1. The van der Waals surface area contributed by atoms with Crippen LogP contribution < -0.4 is 5.43 Å². The molecule has 0 aliphatic carbocycles. The van der Waals surface area contributed by atoms with Gasteiger partial charge in [-0.2, -0.15) is 0 Å². The smallest absolute Gasteiger partial charge is 0.337 e. The standard InChI is InChI=1S/C46H48N2O6/c1-29(2)53-46(52)40-32(5)48(28-27-47(6)26-25-36(33-17-10-7-11-18-33)34-19-12-8-13-20-34)31(4)39(45(50)51)41(40)37-23-16-24-38-42(49)30(3)43(54-44(37)38)35-21-14-9-15-22-35/h7-24,29,36,41H,25-28H2,1-6H3,(H,50,51). The van der Waals surface area contributed by atoms with Crippen LogP contribution in [0.1, 0.15) is 68.2 Å². The van der Waals surface area contributed by atoms with E-state index in [1.54, 1.807) is 45.9 Å². The zero-order valence-corrected chi connectivity index (χ0v) is 31.8. The molecule has 5 aromatic rings. The molecule has 6 rings (SSSR count). The molecule has 0 radical (unpaired) electrons. The molecule has 0 bridgehead atoms. The Hall–Kier alpha value is -5.73. The molecule has 8 heteroatoms. The normalized spacial score (nSPS) is 14.8. The molecule has 1 aliphatic heterocycles. The van der Waals surface area contributed by atoms with Crippen LogP contribution in [0.4, 0.5) is 0 Å². The van der Waals surface area contributed by atoms with Gasteiger partial charge >= 0.3 is 11.9 Å². The highest BCUT2D eigenvalue weighted by Crippen LogP contribution is 2.45. The highest BCUT2D eigenvalue weighted by atomic mass is 16.5.